The predicted octanol–water partition coefficient (Wildman–Crippen LogP) is 4.55. The molecule has 1 heterocycles. The molecule has 7 nitrogen and oxygen atoms in total. The van der Waals surface area contributed by atoms with Crippen LogP contribution >= 0.6 is 0 Å². The van der Waals surface area contributed by atoms with E-state index in [9.17, 15) is 19.5 Å². The van der Waals surface area contributed by atoms with Gasteiger partial charge in [0.05, 0.1) is 12.3 Å². The predicted molar refractivity (Wildman–Crippen MR) is 131 cm³/mol. The second-order valence-electron chi connectivity index (χ2n) is 9.89. The van der Waals surface area contributed by atoms with Crippen molar-refractivity contribution < 1.29 is 24.2 Å². The average molecular weight is 477 g/mol. The van der Waals surface area contributed by atoms with Gasteiger partial charge in [0, 0.05) is 24.5 Å². The van der Waals surface area contributed by atoms with Crippen LogP contribution in [0.25, 0.3) is 11.1 Å². The summed E-state index contributed by atoms with van der Waals surface area (Å²) in [5.74, 6) is -1.25. The minimum absolute atomic E-state index is 0.0146. The summed E-state index contributed by atoms with van der Waals surface area (Å²) in [6.45, 7) is 0.822. The number of nitrogens with one attached hydrogen (secondary N) is 1. The van der Waals surface area contributed by atoms with Gasteiger partial charge in [-0.3, -0.25) is 9.59 Å². The van der Waals surface area contributed by atoms with Gasteiger partial charge < -0.3 is 20.1 Å². The van der Waals surface area contributed by atoms with Crippen LogP contribution in [0.3, 0.4) is 0 Å². The first-order valence-corrected chi connectivity index (χ1v) is 12.7. The Hall–Kier alpha value is -3.35. The van der Waals surface area contributed by atoms with Crippen LogP contribution in [0.1, 0.15) is 62.0 Å². The number of carbonyl (C=O) groups is 3. The van der Waals surface area contributed by atoms with Crippen LogP contribution in [0, 0.1) is 5.92 Å². The molecule has 35 heavy (non-hydrogen) atoms. The van der Waals surface area contributed by atoms with E-state index in [1.165, 1.54) is 11.1 Å². The Labute approximate surface area is 205 Å². The number of piperidine rings is 1. The van der Waals surface area contributed by atoms with Gasteiger partial charge >= 0.3 is 12.1 Å². The van der Waals surface area contributed by atoms with Crippen LogP contribution in [0.5, 0.6) is 0 Å². The van der Waals surface area contributed by atoms with Crippen LogP contribution in [-0.2, 0) is 14.3 Å². The zero-order valence-corrected chi connectivity index (χ0v) is 19.8. The minimum atomic E-state index is -0.880. The zero-order valence-electron chi connectivity index (χ0n) is 19.8. The number of nitrogens with zero attached hydrogens (tertiary/aromatic N) is 1. The Balaban J connectivity index is 1.22. The molecule has 2 amide bonds. The monoisotopic (exact) mass is 476 g/mol. The molecule has 184 valence electrons. The first-order valence-electron chi connectivity index (χ1n) is 12.7. The number of ether oxygens (including phenoxy) is 1. The third-order valence-corrected chi connectivity index (χ3v) is 7.80. The summed E-state index contributed by atoms with van der Waals surface area (Å²) >= 11 is 0. The van der Waals surface area contributed by atoms with Gasteiger partial charge in [0.15, 0.2) is 0 Å². The standard InChI is InChI=1S/C28H32N2O5/c31-26(32)16-18-8-5-6-15-30(18)27(33)23-13-7-14-25(23)29-28(34)35-17-24-21-11-3-1-9-19(21)20-10-2-4-12-22(20)24/h1-4,9-12,18,23-25H,5-8,13-17H2,(H,29,34)(H,31,32)/t18-,23-,25+/m0/s1. The van der Waals surface area contributed by atoms with Gasteiger partial charge in [-0.05, 0) is 54.4 Å². The first-order chi connectivity index (χ1) is 17.0. The lowest BCUT2D eigenvalue weighted by Gasteiger charge is -2.37. The second-order valence-corrected chi connectivity index (χ2v) is 9.89. The quantitative estimate of drug-likeness (QED) is 0.638. The number of aliphatic carboxylic acids is 1. The molecule has 2 aromatic carbocycles. The molecule has 1 saturated heterocycles. The van der Waals surface area contributed by atoms with E-state index in [0.717, 1.165) is 43.2 Å². The molecule has 2 aromatic rings. The highest BCUT2D eigenvalue weighted by Crippen LogP contribution is 2.44. The SMILES string of the molecule is O=C(O)C[C@@H]1CCCCN1C(=O)[C@H]1CCC[C@H]1NC(=O)OCC1c2ccccc2-c2ccccc21. The summed E-state index contributed by atoms with van der Waals surface area (Å²) in [5.41, 5.74) is 4.67. The zero-order chi connectivity index (χ0) is 24.4. The van der Waals surface area contributed by atoms with E-state index in [1.807, 2.05) is 24.3 Å². The van der Waals surface area contributed by atoms with Crippen LogP contribution in [0.2, 0.25) is 0 Å². The summed E-state index contributed by atoms with van der Waals surface area (Å²) < 4.78 is 5.70. The Morgan fingerprint density at radius 2 is 1.60 bits per heavy atom. The fraction of sp³-hybridized carbons (Fsp3) is 0.464. The number of alkyl carbamates (subject to hydrolysis) is 1. The van der Waals surface area contributed by atoms with Crippen molar-refractivity contribution in [1.29, 1.82) is 0 Å². The number of hydrogen-bond acceptors (Lipinski definition) is 4. The second kappa shape index (κ2) is 10.1. The number of likely N-dealkylation sites (tertiary alicyclic amines) is 1. The van der Waals surface area contributed by atoms with Crippen molar-refractivity contribution in [3.8, 4) is 11.1 Å². The van der Waals surface area contributed by atoms with Gasteiger partial charge in [0.25, 0.3) is 0 Å². The number of fused-ring (bicyclic) bond motifs is 3. The lowest BCUT2D eigenvalue weighted by molar-refractivity contribution is -0.144. The Kier molecular flexibility index (Phi) is 6.75. The Morgan fingerprint density at radius 1 is 0.914 bits per heavy atom. The van der Waals surface area contributed by atoms with Crippen LogP contribution < -0.4 is 5.32 Å². The summed E-state index contributed by atoms with van der Waals surface area (Å²) in [4.78, 5) is 39.2. The van der Waals surface area contributed by atoms with Crippen molar-refractivity contribution in [1.82, 2.24) is 10.2 Å². The van der Waals surface area contributed by atoms with Crippen LogP contribution in [-0.4, -0.2) is 53.2 Å². The molecule has 1 saturated carbocycles. The molecule has 0 unspecified atom stereocenters. The number of carbonyl (C=O) groups excluding carboxylic acids is 2. The van der Waals surface area contributed by atoms with E-state index in [0.29, 0.717) is 13.0 Å². The van der Waals surface area contributed by atoms with Crippen LogP contribution in [0.15, 0.2) is 48.5 Å². The molecular weight excluding hydrogens is 444 g/mol. The van der Waals surface area contributed by atoms with E-state index in [1.54, 1.807) is 4.90 Å². The Bertz CT molecular complexity index is 1070. The van der Waals surface area contributed by atoms with Gasteiger partial charge in [-0.15, -0.1) is 0 Å². The summed E-state index contributed by atoms with van der Waals surface area (Å²) in [6.07, 6.45) is 4.28. The largest absolute Gasteiger partial charge is 0.481 e. The van der Waals surface area contributed by atoms with E-state index >= 15 is 0 Å². The highest BCUT2D eigenvalue weighted by atomic mass is 16.5. The molecule has 0 aromatic heterocycles. The number of benzene rings is 2. The molecule has 0 bridgehead atoms. The molecule has 2 aliphatic carbocycles. The summed E-state index contributed by atoms with van der Waals surface area (Å²) in [6, 6.07) is 15.9. The lowest BCUT2D eigenvalue weighted by atomic mass is 9.95. The summed E-state index contributed by atoms with van der Waals surface area (Å²) in [7, 11) is 0. The molecule has 0 spiro atoms. The normalized spacial score (nSPS) is 23.4. The molecule has 3 aliphatic rings. The topological polar surface area (TPSA) is 95.9 Å². The molecular formula is C28H32N2O5. The number of rotatable bonds is 6. The van der Waals surface area contributed by atoms with Gasteiger partial charge in [-0.1, -0.05) is 55.0 Å². The molecule has 0 radical (unpaired) electrons. The molecule has 5 rings (SSSR count). The van der Waals surface area contributed by atoms with E-state index in [4.69, 9.17) is 4.74 Å². The maximum Gasteiger partial charge on any atom is 0.407 e. The molecule has 1 aliphatic heterocycles. The third kappa shape index (κ3) is 4.77. The maximum atomic E-state index is 13.4. The fourth-order valence-corrected chi connectivity index (χ4v) is 6.14. The van der Waals surface area contributed by atoms with Crippen molar-refractivity contribution in [2.45, 2.75) is 62.9 Å². The Morgan fingerprint density at radius 3 is 2.29 bits per heavy atom. The minimum Gasteiger partial charge on any atom is -0.481 e. The molecule has 2 N–H and O–H groups in total. The number of amides is 2. The fourth-order valence-electron chi connectivity index (χ4n) is 6.14. The third-order valence-electron chi connectivity index (χ3n) is 7.80. The van der Waals surface area contributed by atoms with Gasteiger partial charge in [0.1, 0.15) is 6.61 Å². The van der Waals surface area contributed by atoms with E-state index in [2.05, 4.69) is 29.6 Å². The van der Waals surface area contributed by atoms with E-state index in [-0.39, 0.29) is 42.9 Å². The van der Waals surface area contributed by atoms with Crippen molar-refractivity contribution in [3.63, 3.8) is 0 Å². The highest BCUT2D eigenvalue weighted by Gasteiger charge is 2.40. The summed E-state index contributed by atoms with van der Waals surface area (Å²) in [5, 5.41) is 12.2. The number of carboxylic acids is 1. The lowest BCUT2D eigenvalue weighted by Crippen LogP contribution is -2.51. The van der Waals surface area contributed by atoms with Gasteiger partial charge in [-0.25, -0.2) is 4.79 Å². The van der Waals surface area contributed by atoms with Gasteiger partial charge in [0.2, 0.25) is 5.91 Å². The molecule has 3 atom stereocenters. The van der Waals surface area contributed by atoms with E-state index < -0.39 is 12.1 Å². The molecule has 2 fully saturated rings. The smallest absolute Gasteiger partial charge is 0.407 e. The van der Waals surface area contributed by atoms with Gasteiger partial charge in [-0.2, -0.15) is 0 Å². The highest BCUT2D eigenvalue weighted by molar-refractivity contribution is 5.82. The first kappa shape index (κ1) is 23.4. The van der Waals surface area contributed by atoms with Crippen molar-refractivity contribution in [2.75, 3.05) is 13.2 Å². The average Bonchev–Trinajstić information content (AvgIpc) is 3.45. The number of carboxylic acid groups (broad SMARTS) is 1. The number of hydrogen-bond donors (Lipinski definition) is 2. The maximum absolute atomic E-state index is 13.4. The van der Waals surface area contributed by atoms with Crippen molar-refractivity contribution in [3.05, 3.63) is 59.7 Å². The molecule has 7 heteroatoms. The van der Waals surface area contributed by atoms with Crippen molar-refractivity contribution in [2.24, 2.45) is 5.92 Å². The van der Waals surface area contributed by atoms with Crippen molar-refractivity contribution >= 4 is 18.0 Å². The van der Waals surface area contributed by atoms with Crippen LogP contribution in [0.4, 0.5) is 4.79 Å².